The van der Waals surface area contributed by atoms with Crippen molar-refractivity contribution < 1.29 is 0 Å². The lowest BCUT2D eigenvalue weighted by molar-refractivity contribution is 0.334. The average molecular weight is 213 g/mol. The van der Waals surface area contributed by atoms with Gasteiger partial charge in [0.05, 0.1) is 5.69 Å². The van der Waals surface area contributed by atoms with Gasteiger partial charge in [-0.2, -0.15) is 0 Å². The molecule has 3 rings (SSSR count). The van der Waals surface area contributed by atoms with Gasteiger partial charge >= 0.3 is 0 Å². The van der Waals surface area contributed by atoms with Crippen LogP contribution in [0.25, 0.3) is 0 Å². The van der Waals surface area contributed by atoms with Crippen LogP contribution in [0.4, 0.5) is 5.69 Å². The van der Waals surface area contributed by atoms with E-state index >= 15 is 0 Å². The normalized spacial score (nSPS) is 30.1. The van der Waals surface area contributed by atoms with Crippen molar-refractivity contribution in [3.8, 4) is 0 Å². The molecule has 0 N–H and O–H groups in total. The van der Waals surface area contributed by atoms with Gasteiger partial charge in [0.25, 0.3) is 0 Å². The Balaban J connectivity index is 2.31. The fraction of sp³-hybridized carbons (Fsp3) is 0.533. The van der Waals surface area contributed by atoms with Crippen LogP contribution in [0.1, 0.15) is 50.3 Å². The smallest absolute Gasteiger partial charge is 0.0673 e. The van der Waals surface area contributed by atoms with E-state index in [2.05, 4.69) is 46.8 Å². The molecule has 0 saturated heterocycles. The Morgan fingerprint density at radius 1 is 1.25 bits per heavy atom. The lowest BCUT2D eigenvalue weighted by atomic mass is 9.52. The summed E-state index contributed by atoms with van der Waals surface area (Å²) in [6.07, 6.45) is 0. The minimum Gasteiger partial charge on any atom is -0.257 e. The van der Waals surface area contributed by atoms with Crippen LogP contribution in [0.15, 0.2) is 17.1 Å². The molecule has 0 bridgehead atoms. The first-order valence-corrected chi connectivity index (χ1v) is 6.17. The third kappa shape index (κ3) is 0.865. The number of hydrogen-bond acceptors (Lipinski definition) is 1. The van der Waals surface area contributed by atoms with Crippen molar-refractivity contribution in [3.05, 3.63) is 28.8 Å². The average Bonchev–Trinajstić information content (AvgIpc) is 2.39. The Kier molecular flexibility index (Phi) is 1.74. The SMILES string of the molecule is CC1=Nc2ccc(C)c3c2C1(C)C3C(C)C. The Morgan fingerprint density at radius 2 is 1.94 bits per heavy atom. The van der Waals surface area contributed by atoms with Gasteiger partial charge in [-0.25, -0.2) is 0 Å². The van der Waals surface area contributed by atoms with E-state index in [0.29, 0.717) is 11.8 Å². The lowest BCUT2D eigenvalue weighted by Gasteiger charge is -2.50. The van der Waals surface area contributed by atoms with Crippen molar-refractivity contribution in [2.75, 3.05) is 0 Å². The molecule has 1 nitrogen and oxygen atoms in total. The minimum atomic E-state index is 0.227. The van der Waals surface area contributed by atoms with E-state index in [-0.39, 0.29) is 5.41 Å². The Morgan fingerprint density at radius 3 is 2.56 bits per heavy atom. The molecule has 1 aromatic carbocycles. The molecule has 0 radical (unpaired) electrons. The number of aryl methyl sites for hydroxylation is 1. The van der Waals surface area contributed by atoms with E-state index in [1.54, 1.807) is 5.56 Å². The van der Waals surface area contributed by atoms with Crippen molar-refractivity contribution in [2.45, 2.75) is 46.0 Å². The number of hydrogen-bond donors (Lipinski definition) is 0. The summed E-state index contributed by atoms with van der Waals surface area (Å²) in [7, 11) is 0. The first kappa shape index (κ1) is 10.1. The molecule has 1 aromatic rings. The van der Waals surface area contributed by atoms with Gasteiger partial charge < -0.3 is 0 Å². The van der Waals surface area contributed by atoms with Crippen LogP contribution in [0.2, 0.25) is 0 Å². The third-order valence-electron chi connectivity index (χ3n) is 4.60. The van der Waals surface area contributed by atoms with Gasteiger partial charge in [0, 0.05) is 17.0 Å². The van der Waals surface area contributed by atoms with Crippen molar-refractivity contribution in [1.82, 2.24) is 0 Å². The van der Waals surface area contributed by atoms with E-state index in [1.165, 1.54) is 22.5 Å². The first-order valence-electron chi connectivity index (χ1n) is 6.17. The van der Waals surface area contributed by atoms with Crippen LogP contribution in [0.3, 0.4) is 0 Å². The summed E-state index contributed by atoms with van der Waals surface area (Å²) >= 11 is 0. The highest BCUT2D eigenvalue weighted by Crippen LogP contribution is 2.62. The molecule has 0 saturated carbocycles. The van der Waals surface area contributed by atoms with E-state index in [4.69, 9.17) is 4.99 Å². The van der Waals surface area contributed by atoms with Crippen LogP contribution in [0, 0.1) is 12.8 Å². The van der Waals surface area contributed by atoms with E-state index in [0.717, 1.165) is 0 Å². The Bertz CT molecular complexity index is 510. The first-order chi connectivity index (χ1) is 7.48. The summed E-state index contributed by atoms with van der Waals surface area (Å²) in [5, 5.41) is 0. The number of aliphatic imine (C=N–C) groups is 1. The molecule has 1 aliphatic heterocycles. The molecule has 0 spiro atoms. The van der Waals surface area contributed by atoms with Crippen LogP contribution >= 0.6 is 0 Å². The van der Waals surface area contributed by atoms with Crippen LogP contribution in [0.5, 0.6) is 0 Å². The topological polar surface area (TPSA) is 12.4 Å². The predicted molar refractivity (Wildman–Crippen MR) is 68.9 cm³/mol. The van der Waals surface area contributed by atoms with Crippen molar-refractivity contribution in [2.24, 2.45) is 10.9 Å². The van der Waals surface area contributed by atoms with E-state index in [9.17, 15) is 0 Å². The number of benzene rings is 1. The molecular formula is C15H19N. The zero-order chi connectivity index (χ0) is 11.7. The summed E-state index contributed by atoms with van der Waals surface area (Å²) in [5.74, 6) is 1.35. The van der Waals surface area contributed by atoms with Crippen LogP contribution < -0.4 is 0 Å². The summed E-state index contributed by atoms with van der Waals surface area (Å²) in [6, 6.07) is 4.41. The van der Waals surface area contributed by atoms with Crippen LogP contribution in [-0.4, -0.2) is 5.71 Å². The second-order valence-electron chi connectivity index (χ2n) is 5.81. The highest BCUT2D eigenvalue weighted by atomic mass is 14.9. The van der Waals surface area contributed by atoms with Gasteiger partial charge in [-0.1, -0.05) is 19.9 Å². The molecule has 1 heteroatoms. The maximum Gasteiger partial charge on any atom is 0.0673 e. The molecule has 2 atom stereocenters. The Hall–Kier alpha value is -1.11. The van der Waals surface area contributed by atoms with Gasteiger partial charge in [0.2, 0.25) is 0 Å². The summed E-state index contributed by atoms with van der Waals surface area (Å²) < 4.78 is 0. The standard InChI is InChI=1S/C15H19N/c1-8(2)13-12-9(3)6-7-11-14(12)15(13,5)10(4)16-11/h6-8,13H,1-5H3. The molecular weight excluding hydrogens is 194 g/mol. The molecule has 0 fully saturated rings. The summed E-state index contributed by atoms with van der Waals surface area (Å²) in [5.41, 5.74) is 7.29. The molecule has 16 heavy (non-hydrogen) atoms. The monoisotopic (exact) mass is 213 g/mol. The summed E-state index contributed by atoms with van der Waals surface area (Å²) in [4.78, 5) is 4.75. The molecule has 0 aromatic heterocycles. The van der Waals surface area contributed by atoms with Crippen molar-refractivity contribution in [1.29, 1.82) is 0 Å². The zero-order valence-corrected chi connectivity index (χ0v) is 10.8. The molecule has 1 heterocycles. The highest BCUT2D eigenvalue weighted by Gasteiger charge is 2.55. The third-order valence-corrected chi connectivity index (χ3v) is 4.60. The fourth-order valence-electron chi connectivity index (χ4n) is 3.82. The lowest BCUT2D eigenvalue weighted by Crippen LogP contribution is -2.47. The van der Waals surface area contributed by atoms with Crippen molar-refractivity contribution in [3.63, 3.8) is 0 Å². The largest absolute Gasteiger partial charge is 0.257 e. The molecule has 84 valence electrons. The van der Waals surface area contributed by atoms with Crippen molar-refractivity contribution >= 4 is 11.4 Å². The van der Waals surface area contributed by atoms with Gasteiger partial charge in [-0.3, -0.25) is 4.99 Å². The maximum absolute atomic E-state index is 4.75. The zero-order valence-electron chi connectivity index (χ0n) is 10.8. The molecule has 2 unspecified atom stereocenters. The van der Waals surface area contributed by atoms with E-state index < -0.39 is 0 Å². The minimum absolute atomic E-state index is 0.227. The number of rotatable bonds is 1. The van der Waals surface area contributed by atoms with Gasteiger partial charge in [0.1, 0.15) is 0 Å². The predicted octanol–water partition coefficient (Wildman–Crippen LogP) is 4.11. The maximum atomic E-state index is 4.75. The quantitative estimate of drug-likeness (QED) is 0.665. The van der Waals surface area contributed by atoms with Gasteiger partial charge in [-0.15, -0.1) is 0 Å². The molecule has 1 aliphatic carbocycles. The van der Waals surface area contributed by atoms with Gasteiger partial charge in [-0.05, 0) is 49.4 Å². The molecule has 2 aliphatic rings. The van der Waals surface area contributed by atoms with Crippen LogP contribution in [-0.2, 0) is 5.41 Å². The second-order valence-corrected chi connectivity index (χ2v) is 5.81. The van der Waals surface area contributed by atoms with Gasteiger partial charge in [0.15, 0.2) is 0 Å². The fourth-order valence-corrected chi connectivity index (χ4v) is 3.82. The summed E-state index contributed by atoms with van der Waals surface area (Å²) in [6.45, 7) is 11.5. The second kappa shape index (κ2) is 2.77. The van der Waals surface area contributed by atoms with E-state index in [1.807, 2.05) is 0 Å². The highest BCUT2D eigenvalue weighted by molar-refractivity contribution is 6.04. The number of nitrogens with zero attached hydrogens (tertiary/aromatic N) is 1. The Labute approximate surface area is 97.6 Å². The molecule has 0 amide bonds.